The van der Waals surface area contributed by atoms with Crippen molar-refractivity contribution in [2.75, 3.05) is 0 Å². The molecule has 1 amide bonds. The van der Waals surface area contributed by atoms with Crippen LogP contribution in [0, 0.1) is 5.82 Å². The standard InChI is InChI=1S/C12H11ClF2N2O/c1-2-10(14)12(18)17-7-16-6-8-3-4-11(15)9(13)5-8/h2-5,7H,6H2,1H3,(H,16,17,18)/b10-2+. The third-order valence-electron chi connectivity index (χ3n) is 2.02. The second kappa shape index (κ2) is 6.86. The number of hydrogen-bond acceptors (Lipinski definition) is 2. The number of hydrogen-bond donors (Lipinski definition) is 1. The maximum atomic E-state index is 12.8. The molecule has 0 saturated heterocycles. The van der Waals surface area contributed by atoms with Crippen LogP contribution >= 0.6 is 11.6 Å². The average molecular weight is 273 g/mol. The van der Waals surface area contributed by atoms with Crippen LogP contribution in [0.2, 0.25) is 5.02 Å². The fourth-order valence-electron chi connectivity index (χ4n) is 1.09. The number of benzene rings is 1. The molecule has 0 atom stereocenters. The quantitative estimate of drug-likeness (QED) is 0.511. The van der Waals surface area contributed by atoms with E-state index in [9.17, 15) is 13.6 Å². The van der Waals surface area contributed by atoms with Gasteiger partial charge in [0.2, 0.25) is 0 Å². The molecule has 1 rings (SSSR count). The first-order chi connectivity index (χ1) is 8.54. The number of nitrogens with zero attached hydrogens (tertiary/aromatic N) is 1. The highest BCUT2D eigenvalue weighted by Crippen LogP contribution is 2.16. The van der Waals surface area contributed by atoms with E-state index < -0.39 is 17.6 Å². The zero-order chi connectivity index (χ0) is 13.5. The number of aliphatic imine (C=N–C) groups is 1. The molecule has 0 aliphatic rings. The highest BCUT2D eigenvalue weighted by atomic mass is 35.5. The van der Waals surface area contributed by atoms with Crippen molar-refractivity contribution in [2.24, 2.45) is 4.99 Å². The second-order valence-corrected chi connectivity index (χ2v) is 3.74. The van der Waals surface area contributed by atoms with E-state index >= 15 is 0 Å². The molecule has 18 heavy (non-hydrogen) atoms. The van der Waals surface area contributed by atoms with Gasteiger partial charge in [-0.2, -0.15) is 0 Å². The Kier molecular flexibility index (Phi) is 5.45. The summed E-state index contributed by atoms with van der Waals surface area (Å²) in [6.45, 7) is 1.62. The van der Waals surface area contributed by atoms with Gasteiger partial charge in [-0.3, -0.25) is 9.79 Å². The van der Waals surface area contributed by atoms with Crippen molar-refractivity contribution < 1.29 is 13.6 Å². The van der Waals surface area contributed by atoms with Crippen LogP contribution in [0.15, 0.2) is 35.1 Å². The van der Waals surface area contributed by atoms with Crippen molar-refractivity contribution in [3.8, 4) is 0 Å². The van der Waals surface area contributed by atoms with E-state index in [4.69, 9.17) is 11.6 Å². The normalized spacial score (nSPS) is 11.9. The van der Waals surface area contributed by atoms with Gasteiger partial charge in [-0.1, -0.05) is 17.7 Å². The first-order valence-corrected chi connectivity index (χ1v) is 5.47. The lowest BCUT2D eigenvalue weighted by Crippen LogP contribution is -2.21. The predicted molar refractivity (Wildman–Crippen MR) is 66.6 cm³/mol. The molecule has 6 heteroatoms. The van der Waals surface area contributed by atoms with Gasteiger partial charge < -0.3 is 5.32 Å². The van der Waals surface area contributed by atoms with Crippen molar-refractivity contribution in [3.05, 3.63) is 46.5 Å². The third kappa shape index (κ3) is 4.25. The first-order valence-electron chi connectivity index (χ1n) is 5.09. The van der Waals surface area contributed by atoms with Crippen LogP contribution in [-0.4, -0.2) is 12.2 Å². The molecule has 3 nitrogen and oxygen atoms in total. The minimum absolute atomic E-state index is 0.00620. The summed E-state index contributed by atoms with van der Waals surface area (Å²) in [4.78, 5) is 14.8. The lowest BCUT2D eigenvalue weighted by Gasteiger charge is -1.99. The van der Waals surface area contributed by atoms with Crippen LogP contribution < -0.4 is 5.32 Å². The van der Waals surface area contributed by atoms with E-state index in [1.165, 1.54) is 25.1 Å². The molecule has 0 heterocycles. The summed E-state index contributed by atoms with van der Waals surface area (Å²) in [5.74, 6) is -2.25. The number of amides is 1. The maximum absolute atomic E-state index is 12.8. The molecule has 0 spiro atoms. The minimum Gasteiger partial charge on any atom is -0.311 e. The molecule has 0 radical (unpaired) electrons. The predicted octanol–water partition coefficient (Wildman–Crippen LogP) is 3.00. The lowest BCUT2D eigenvalue weighted by molar-refractivity contribution is -0.117. The molecular formula is C12H11ClF2N2O. The highest BCUT2D eigenvalue weighted by molar-refractivity contribution is 6.30. The van der Waals surface area contributed by atoms with Crippen LogP contribution in [0.25, 0.3) is 0 Å². The lowest BCUT2D eigenvalue weighted by atomic mass is 10.2. The number of carbonyl (C=O) groups excluding carboxylic acids is 1. The van der Waals surface area contributed by atoms with Crippen LogP contribution in [0.5, 0.6) is 0 Å². The summed E-state index contributed by atoms with van der Waals surface area (Å²) >= 11 is 5.58. The third-order valence-corrected chi connectivity index (χ3v) is 2.30. The van der Waals surface area contributed by atoms with E-state index in [0.717, 1.165) is 12.4 Å². The van der Waals surface area contributed by atoms with E-state index in [-0.39, 0.29) is 11.6 Å². The number of rotatable bonds is 4. The van der Waals surface area contributed by atoms with Gasteiger partial charge in [0.1, 0.15) is 5.82 Å². The van der Waals surface area contributed by atoms with Gasteiger partial charge in [0.05, 0.1) is 17.9 Å². The SMILES string of the molecule is C/C=C(/F)C(=O)NC=NCc1ccc(F)c(Cl)c1. The molecule has 0 saturated carbocycles. The number of allylic oxidation sites excluding steroid dienone is 1. The van der Waals surface area contributed by atoms with Gasteiger partial charge >= 0.3 is 0 Å². The Morgan fingerprint density at radius 3 is 2.89 bits per heavy atom. The van der Waals surface area contributed by atoms with Crippen molar-refractivity contribution in [1.29, 1.82) is 0 Å². The molecule has 0 unspecified atom stereocenters. The van der Waals surface area contributed by atoms with Crippen LogP contribution in [0.3, 0.4) is 0 Å². The monoisotopic (exact) mass is 272 g/mol. The Morgan fingerprint density at radius 1 is 1.56 bits per heavy atom. The summed E-state index contributed by atoms with van der Waals surface area (Å²) in [6.07, 6.45) is 2.13. The Bertz CT molecular complexity index is 501. The van der Waals surface area contributed by atoms with Gasteiger partial charge in [0, 0.05) is 0 Å². The molecule has 0 fully saturated rings. The van der Waals surface area contributed by atoms with Crippen LogP contribution in [0.1, 0.15) is 12.5 Å². The second-order valence-electron chi connectivity index (χ2n) is 3.33. The van der Waals surface area contributed by atoms with Gasteiger partial charge in [0.15, 0.2) is 5.83 Å². The van der Waals surface area contributed by atoms with E-state index in [1.807, 2.05) is 0 Å². The number of carbonyl (C=O) groups is 1. The molecule has 0 aliphatic heterocycles. The molecule has 1 aromatic rings. The zero-order valence-electron chi connectivity index (χ0n) is 9.58. The topological polar surface area (TPSA) is 41.5 Å². The molecule has 0 bridgehead atoms. The Balaban J connectivity index is 2.50. The maximum Gasteiger partial charge on any atom is 0.284 e. The largest absolute Gasteiger partial charge is 0.311 e. The van der Waals surface area contributed by atoms with Gasteiger partial charge in [0.25, 0.3) is 5.91 Å². The van der Waals surface area contributed by atoms with Gasteiger partial charge in [-0.05, 0) is 30.7 Å². The summed E-state index contributed by atoms with van der Waals surface area (Å²) < 4.78 is 25.5. The molecule has 96 valence electrons. The van der Waals surface area contributed by atoms with E-state index in [2.05, 4.69) is 10.3 Å². The summed E-state index contributed by atoms with van der Waals surface area (Å²) in [5, 5.41) is 2.15. The average Bonchev–Trinajstić information content (AvgIpc) is 2.37. The highest BCUT2D eigenvalue weighted by Gasteiger charge is 2.04. The van der Waals surface area contributed by atoms with Crippen molar-refractivity contribution >= 4 is 23.8 Å². The zero-order valence-corrected chi connectivity index (χ0v) is 10.3. The first kappa shape index (κ1) is 14.3. The minimum atomic E-state index is -0.883. The Labute approximate surface area is 108 Å². The van der Waals surface area contributed by atoms with E-state index in [1.54, 1.807) is 0 Å². The molecule has 1 aromatic carbocycles. The summed E-state index contributed by atoms with van der Waals surface area (Å²) in [6, 6.07) is 4.18. The molecular weight excluding hydrogens is 262 g/mol. The van der Waals surface area contributed by atoms with Crippen molar-refractivity contribution in [2.45, 2.75) is 13.5 Å². The smallest absolute Gasteiger partial charge is 0.284 e. The summed E-state index contributed by atoms with van der Waals surface area (Å²) in [5.41, 5.74) is 0.679. The number of halogens is 3. The van der Waals surface area contributed by atoms with Crippen molar-refractivity contribution in [3.63, 3.8) is 0 Å². The molecule has 0 aromatic heterocycles. The molecule has 0 aliphatic carbocycles. The van der Waals surface area contributed by atoms with Crippen molar-refractivity contribution in [1.82, 2.24) is 5.32 Å². The van der Waals surface area contributed by atoms with Gasteiger partial charge in [-0.15, -0.1) is 0 Å². The van der Waals surface area contributed by atoms with Crippen LogP contribution in [-0.2, 0) is 11.3 Å². The Morgan fingerprint density at radius 2 is 2.28 bits per heavy atom. The summed E-state index contributed by atoms with van der Waals surface area (Å²) in [7, 11) is 0. The number of nitrogens with one attached hydrogen (secondary N) is 1. The van der Waals surface area contributed by atoms with Gasteiger partial charge in [-0.25, -0.2) is 8.78 Å². The molecule has 1 N–H and O–H groups in total. The fourth-order valence-corrected chi connectivity index (χ4v) is 1.30. The van der Waals surface area contributed by atoms with Crippen LogP contribution in [0.4, 0.5) is 8.78 Å². The fraction of sp³-hybridized carbons (Fsp3) is 0.167. The Hall–Kier alpha value is -1.75. The van der Waals surface area contributed by atoms with E-state index in [0.29, 0.717) is 5.56 Å².